The fourth-order valence-corrected chi connectivity index (χ4v) is 2.43. The number of Topliss-reactive ketones (excluding diaryl/α,β-unsaturated/α-hetero) is 1. The van der Waals surface area contributed by atoms with E-state index in [1.54, 1.807) is 20.8 Å². The molecule has 3 amide bonds. The van der Waals surface area contributed by atoms with Gasteiger partial charge < -0.3 is 11.1 Å². The molecule has 0 radical (unpaired) electrons. The Morgan fingerprint density at radius 2 is 1.82 bits per heavy atom. The van der Waals surface area contributed by atoms with Crippen LogP contribution in [0.25, 0.3) is 0 Å². The number of hydrogen-bond acceptors (Lipinski definition) is 6. The molecule has 0 rings (SSSR count). The molecule has 0 bridgehead atoms. The van der Waals surface area contributed by atoms with Crippen molar-refractivity contribution < 1.29 is 19.2 Å². The number of ketones is 1. The minimum atomic E-state index is -0.744. The van der Waals surface area contributed by atoms with Crippen molar-refractivity contribution in [2.75, 3.05) is 19.3 Å². The van der Waals surface area contributed by atoms with Gasteiger partial charge in [-0.2, -0.15) is 0 Å². The van der Waals surface area contributed by atoms with Crippen LogP contribution in [-0.4, -0.2) is 53.1 Å². The molecule has 3 N–H and O–H groups in total. The first kappa shape index (κ1) is 20.6. The lowest BCUT2D eigenvalue weighted by atomic mass is 10.0. The number of imide groups is 1. The lowest BCUT2D eigenvalue weighted by Gasteiger charge is -2.20. The van der Waals surface area contributed by atoms with Crippen molar-refractivity contribution in [3.05, 3.63) is 0 Å². The Labute approximate surface area is 135 Å². The van der Waals surface area contributed by atoms with Crippen LogP contribution in [-0.2, 0) is 14.4 Å². The molecule has 1 unspecified atom stereocenters. The molecule has 0 aromatic rings. The van der Waals surface area contributed by atoms with Gasteiger partial charge in [-0.3, -0.25) is 24.1 Å². The number of carbonyl (C=O) groups is 4. The first-order valence-electron chi connectivity index (χ1n) is 7.21. The first-order chi connectivity index (χ1) is 10.2. The predicted octanol–water partition coefficient (Wildman–Crippen LogP) is 0.767. The van der Waals surface area contributed by atoms with E-state index in [2.05, 4.69) is 5.32 Å². The summed E-state index contributed by atoms with van der Waals surface area (Å²) in [7, 11) is 1.49. The molecule has 0 spiro atoms. The van der Waals surface area contributed by atoms with Crippen molar-refractivity contribution in [2.24, 2.45) is 11.7 Å². The molecule has 0 aromatic heterocycles. The van der Waals surface area contributed by atoms with Gasteiger partial charge in [-0.1, -0.05) is 32.5 Å². The van der Waals surface area contributed by atoms with E-state index in [4.69, 9.17) is 5.73 Å². The highest BCUT2D eigenvalue weighted by Crippen LogP contribution is 2.13. The topological polar surface area (TPSA) is 110 Å². The van der Waals surface area contributed by atoms with Crippen molar-refractivity contribution in [3.8, 4) is 0 Å². The maximum Gasteiger partial charge on any atom is 0.288 e. The maximum absolute atomic E-state index is 12.1. The van der Waals surface area contributed by atoms with Gasteiger partial charge in [0.1, 0.15) is 0 Å². The Balaban J connectivity index is 4.60. The number of nitrogens with one attached hydrogen (secondary N) is 1. The molecular formula is C14H25N3O4S. The van der Waals surface area contributed by atoms with Gasteiger partial charge in [0.05, 0.1) is 6.04 Å². The van der Waals surface area contributed by atoms with Crippen molar-refractivity contribution in [1.29, 1.82) is 0 Å². The zero-order chi connectivity index (χ0) is 17.3. The van der Waals surface area contributed by atoms with E-state index in [0.29, 0.717) is 0 Å². The number of thioether (sulfide) groups is 1. The normalized spacial score (nSPS) is 11.9. The van der Waals surface area contributed by atoms with Gasteiger partial charge in [0, 0.05) is 38.1 Å². The highest BCUT2D eigenvalue weighted by molar-refractivity contribution is 8.13. The Bertz CT molecular complexity index is 426. The lowest BCUT2D eigenvalue weighted by Crippen LogP contribution is -2.40. The van der Waals surface area contributed by atoms with Crippen molar-refractivity contribution >= 4 is 34.6 Å². The van der Waals surface area contributed by atoms with Gasteiger partial charge in [-0.15, -0.1) is 0 Å². The van der Waals surface area contributed by atoms with E-state index < -0.39 is 11.3 Å². The highest BCUT2D eigenvalue weighted by Gasteiger charge is 2.24. The highest BCUT2D eigenvalue weighted by atomic mass is 32.2. The maximum atomic E-state index is 12.1. The molecule has 7 nitrogen and oxygen atoms in total. The standard InChI is InChI=1S/C14H25N3O4S/c1-5-12(19)17(7-6-11(18)16-4)14(21)22-8-10(15)13(20)9(2)3/h9-10H,5-8,15H2,1-4H3,(H,16,18). The number of hydrogen-bond donors (Lipinski definition) is 2. The summed E-state index contributed by atoms with van der Waals surface area (Å²) in [4.78, 5) is 47.9. The molecule has 0 saturated heterocycles. The Morgan fingerprint density at radius 3 is 2.27 bits per heavy atom. The van der Waals surface area contributed by atoms with Crippen LogP contribution in [0, 0.1) is 5.92 Å². The van der Waals surface area contributed by atoms with Gasteiger partial charge >= 0.3 is 0 Å². The van der Waals surface area contributed by atoms with Gasteiger partial charge in [-0.05, 0) is 0 Å². The zero-order valence-electron chi connectivity index (χ0n) is 13.5. The second-order valence-electron chi connectivity index (χ2n) is 5.06. The summed E-state index contributed by atoms with van der Waals surface area (Å²) < 4.78 is 0. The number of nitrogens with two attached hydrogens (primary N) is 1. The summed E-state index contributed by atoms with van der Waals surface area (Å²) in [5, 5.41) is 1.95. The zero-order valence-corrected chi connectivity index (χ0v) is 14.4. The second kappa shape index (κ2) is 10.3. The molecule has 0 aliphatic carbocycles. The molecule has 22 heavy (non-hydrogen) atoms. The molecule has 1 atom stereocenters. The van der Waals surface area contributed by atoms with Crippen molar-refractivity contribution in [2.45, 2.75) is 39.7 Å². The Kier molecular flexibility index (Phi) is 9.68. The van der Waals surface area contributed by atoms with Crippen LogP contribution in [0.3, 0.4) is 0 Å². The summed E-state index contributed by atoms with van der Waals surface area (Å²) in [5.74, 6) is -0.821. The van der Waals surface area contributed by atoms with Crippen LogP contribution >= 0.6 is 11.8 Å². The van der Waals surface area contributed by atoms with E-state index in [1.807, 2.05) is 0 Å². The summed E-state index contributed by atoms with van der Waals surface area (Å²) in [5.41, 5.74) is 5.73. The molecular weight excluding hydrogens is 306 g/mol. The van der Waals surface area contributed by atoms with Crippen LogP contribution in [0.5, 0.6) is 0 Å². The molecule has 0 aromatic carbocycles. The van der Waals surface area contributed by atoms with Crippen LogP contribution in [0.2, 0.25) is 0 Å². The summed E-state index contributed by atoms with van der Waals surface area (Å²) >= 11 is 0.830. The quantitative estimate of drug-likeness (QED) is 0.680. The van der Waals surface area contributed by atoms with Crippen LogP contribution in [0.4, 0.5) is 4.79 Å². The minimum absolute atomic E-state index is 0.0194. The summed E-state index contributed by atoms with van der Waals surface area (Å²) in [6.07, 6.45) is 0.211. The van der Waals surface area contributed by atoms with E-state index in [0.717, 1.165) is 16.7 Å². The number of amides is 3. The Hall–Kier alpha value is -1.41. The van der Waals surface area contributed by atoms with Crippen molar-refractivity contribution in [1.82, 2.24) is 10.2 Å². The number of nitrogens with zero attached hydrogens (tertiary/aromatic N) is 1. The van der Waals surface area contributed by atoms with Crippen LogP contribution in [0.1, 0.15) is 33.6 Å². The first-order valence-corrected chi connectivity index (χ1v) is 8.20. The van der Waals surface area contributed by atoms with Gasteiger partial charge in [-0.25, -0.2) is 0 Å². The average Bonchev–Trinajstić information content (AvgIpc) is 2.50. The molecule has 0 saturated carbocycles. The van der Waals surface area contributed by atoms with E-state index in [-0.39, 0.29) is 48.7 Å². The van der Waals surface area contributed by atoms with Gasteiger partial charge in [0.2, 0.25) is 11.8 Å². The lowest BCUT2D eigenvalue weighted by molar-refractivity contribution is -0.128. The molecule has 8 heteroatoms. The van der Waals surface area contributed by atoms with Crippen LogP contribution in [0.15, 0.2) is 0 Å². The van der Waals surface area contributed by atoms with Gasteiger partial charge in [0.25, 0.3) is 5.24 Å². The number of rotatable bonds is 8. The summed E-state index contributed by atoms with van der Waals surface area (Å²) in [6, 6.07) is -0.744. The van der Waals surface area contributed by atoms with Crippen molar-refractivity contribution in [3.63, 3.8) is 0 Å². The van der Waals surface area contributed by atoms with E-state index >= 15 is 0 Å². The minimum Gasteiger partial charge on any atom is -0.359 e. The van der Waals surface area contributed by atoms with Crippen LogP contribution < -0.4 is 11.1 Å². The number of carbonyl (C=O) groups excluding carboxylic acids is 4. The third-order valence-corrected chi connectivity index (χ3v) is 3.98. The van der Waals surface area contributed by atoms with E-state index in [9.17, 15) is 19.2 Å². The third kappa shape index (κ3) is 7.04. The molecule has 126 valence electrons. The SMILES string of the molecule is CCC(=O)N(CCC(=O)NC)C(=O)SCC(N)C(=O)C(C)C. The average molecular weight is 331 g/mol. The van der Waals surface area contributed by atoms with E-state index in [1.165, 1.54) is 7.05 Å². The largest absolute Gasteiger partial charge is 0.359 e. The monoisotopic (exact) mass is 331 g/mol. The fraction of sp³-hybridized carbons (Fsp3) is 0.714. The molecule has 0 aliphatic rings. The Morgan fingerprint density at radius 1 is 1.23 bits per heavy atom. The summed E-state index contributed by atoms with van der Waals surface area (Å²) in [6.45, 7) is 5.14. The second-order valence-corrected chi connectivity index (χ2v) is 6.03. The predicted molar refractivity (Wildman–Crippen MR) is 86.4 cm³/mol. The fourth-order valence-electron chi connectivity index (χ4n) is 1.60. The molecule has 0 heterocycles. The van der Waals surface area contributed by atoms with Gasteiger partial charge in [0.15, 0.2) is 5.78 Å². The smallest absolute Gasteiger partial charge is 0.288 e. The molecule has 0 aliphatic heterocycles. The third-order valence-electron chi connectivity index (χ3n) is 2.99. The molecule has 0 fully saturated rings.